The summed E-state index contributed by atoms with van der Waals surface area (Å²) in [4.78, 5) is 12.1. The smallest absolute Gasteiger partial charge is 0.250 e. The van der Waals surface area contributed by atoms with E-state index in [-0.39, 0.29) is 30.8 Å². The SMILES string of the molecule is COc1ccc2c(c1)C=C(C(=O)NCC(C)CN)CO2.Cl. The van der Waals surface area contributed by atoms with E-state index in [4.69, 9.17) is 15.2 Å². The summed E-state index contributed by atoms with van der Waals surface area (Å²) >= 11 is 0. The van der Waals surface area contributed by atoms with Crippen LogP contribution in [0, 0.1) is 5.92 Å². The summed E-state index contributed by atoms with van der Waals surface area (Å²) in [5.74, 6) is 1.65. The van der Waals surface area contributed by atoms with E-state index in [1.165, 1.54) is 0 Å². The molecule has 0 fully saturated rings. The molecule has 0 radical (unpaired) electrons. The highest BCUT2D eigenvalue weighted by atomic mass is 35.5. The number of nitrogens with two attached hydrogens (primary N) is 1. The van der Waals surface area contributed by atoms with Gasteiger partial charge in [-0.25, -0.2) is 0 Å². The Bertz CT molecular complexity index is 532. The van der Waals surface area contributed by atoms with E-state index in [1.54, 1.807) is 7.11 Å². The van der Waals surface area contributed by atoms with Crippen LogP contribution in [0.2, 0.25) is 0 Å². The van der Waals surface area contributed by atoms with Crippen LogP contribution in [0.4, 0.5) is 0 Å². The number of ether oxygens (including phenoxy) is 2. The molecule has 2 rings (SSSR count). The summed E-state index contributed by atoms with van der Waals surface area (Å²) < 4.78 is 10.8. The molecule has 1 atom stereocenters. The molecule has 21 heavy (non-hydrogen) atoms. The molecule has 3 N–H and O–H groups in total. The second-order valence-corrected chi connectivity index (χ2v) is 4.91. The number of halogens is 1. The molecular weight excluding hydrogens is 292 g/mol. The zero-order chi connectivity index (χ0) is 14.5. The van der Waals surface area contributed by atoms with E-state index in [0.717, 1.165) is 17.1 Å². The van der Waals surface area contributed by atoms with E-state index in [0.29, 0.717) is 18.7 Å². The molecule has 0 aromatic heterocycles. The predicted octanol–water partition coefficient (Wildman–Crippen LogP) is 1.60. The van der Waals surface area contributed by atoms with E-state index in [1.807, 2.05) is 31.2 Å². The van der Waals surface area contributed by atoms with Gasteiger partial charge in [0.25, 0.3) is 5.91 Å². The van der Waals surface area contributed by atoms with Gasteiger partial charge in [0.2, 0.25) is 0 Å². The van der Waals surface area contributed by atoms with Crippen LogP contribution in [0.25, 0.3) is 6.08 Å². The summed E-state index contributed by atoms with van der Waals surface area (Å²) in [6.07, 6.45) is 1.84. The zero-order valence-electron chi connectivity index (χ0n) is 12.2. The van der Waals surface area contributed by atoms with Crippen LogP contribution in [-0.2, 0) is 4.79 Å². The molecule has 1 unspecified atom stereocenters. The maximum Gasteiger partial charge on any atom is 0.250 e. The van der Waals surface area contributed by atoms with Crippen molar-refractivity contribution < 1.29 is 14.3 Å². The van der Waals surface area contributed by atoms with E-state index >= 15 is 0 Å². The van der Waals surface area contributed by atoms with E-state index in [9.17, 15) is 4.79 Å². The highest BCUT2D eigenvalue weighted by molar-refractivity contribution is 5.99. The van der Waals surface area contributed by atoms with Crippen molar-refractivity contribution in [1.82, 2.24) is 5.32 Å². The average Bonchev–Trinajstić information content (AvgIpc) is 2.50. The van der Waals surface area contributed by atoms with Gasteiger partial charge in [0.15, 0.2) is 0 Å². The Labute approximate surface area is 130 Å². The lowest BCUT2D eigenvalue weighted by atomic mass is 10.1. The van der Waals surface area contributed by atoms with Gasteiger partial charge in [-0.15, -0.1) is 12.4 Å². The van der Waals surface area contributed by atoms with Crippen molar-refractivity contribution in [2.75, 3.05) is 26.8 Å². The predicted molar refractivity (Wildman–Crippen MR) is 84.9 cm³/mol. The molecule has 0 saturated heterocycles. The number of fused-ring (bicyclic) bond motifs is 1. The monoisotopic (exact) mass is 312 g/mol. The first kappa shape index (κ1) is 17.3. The van der Waals surface area contributed by atoms with Gasteiger partial charge in [-0.2, -0.15) is 0 Å². The van der Waals surface area contributed by atoms with Gasteiger partial charge < -0.3 is 20.5 Å². The molecule has 5 nitrogen and oxygen atoms in total. The van der Waals surface area contributed by atoms with Crippen molar-refractivity contribution in [3.05, 3.63) is 29.3 Å². The molecular formula is C15H21ClN2O3. The number of nitrogens with one attached hydrogen (secondary N) is 1. The van der Waals surface area contributed by atoms with Gasteiger partial charge in [0, 0.05) is 12.1 Å². The molecule has 1 aliphatic heterocycles. The lowest BCUT2D eigenvalue weighted by Gasteiger charge is -2.19. The van der Waals surface area contributed by atoms with Crippen LogP contribution in [0.1, 0.15) is 12.5 Å². The molecule has 1 heterocycles. The summed E-state index contributed by atoms with van der Waals surface area (Å²) in [5, 5.41) is 2.86. The van der Waals surface area contributed by atoms with Gasteiger partial charge >= 0.3 is 0 Å². The van der Waals surface area contributed by atoms with Crippen molar-refractivity contribution in [2.24, 2.45) is 11.7 Å². The fourth-order valence-corrected chi connectivity index (χ4v) is 1.88. The third-order valence-corrected chi connectivity index (χ3v) is 3.23. The largest absolute Gasteiger partial charge is 0.497 e. The molecule has 116 valence electrons. The van der Waals surface area contributed by atoms with Gasteiger partial charge in [0.1, 0.15) is 18.1 Å². The lowest BCUT2D eigenvalue weighted by molar-refractivity contribution is -0.117. The average molecular weight is 313 g/mol. The molecule has 0 saturated carbocycles. The first-order valence-electron chi connectivity index (χ1n) is 6.63. The van der Waals surface area contributed by atoms with Crippen molar-refractivity contribution in [3.63, 3.8) is 0 Å². The van der Waals surface area contributed by atoms with E-state index < -0.39 is 0 Å². The minimum atomic E-state index is -0.112. The standard InChI is InChI=1S/C15H20N2O3.ClH/c1-10(7-16)8-17-15(18)12-5-11-6-13(19-2)3-4-14(11)20-9-12;/h3-6,10H,7-9,16H2,1-2H3,(H,17,18);1H. The third-order valence-electron chi connectivity index (χ3n) is 3.23. The van der Waals surface area contributed by atoms with Crippen molar-refractivity contribution in [1.29, 1.82) is 0 Å². The number of benzene rings is 1. The minimum Gasteiger partial charge on any atom is -0.497 e. The normalized spacial score (nSPS) is 14.0. The molecule has 1 aromatic carbocycles. The second-order valence-electron chi connectivity index (χ2n) is 4.91. The Morgan fingerprint density at radius 3 is 2.95 bits per heavy atom. The fraction of sp³-hybridized carbons (Fsp3) is 0.400. The topological polar surface area (TPSA) is 73.6 Å². The number of carbonyl (C=O) groups is 1. The Morgan fingerprint density at radius 1 is 1.52 bits per heavy atom. The molecule has 0 bridgehead atoms. The van der Waals surface area contributed by atoms with Crippen LogP contribution >= 0.6 is 12.4 Å². The zero-order valence-corrected chi connectivity index (χ0v) is 13.0. The first-order valence-corrected chi connectivity index (χ1v) is 6.63. The van der Waals surface area contributed by atoms with Crippen molar-refractivity contribution >= 4 is 24.4 Å². The van der Waals surface area contributed by atoms with Crippen LogP contribution in [-0.4, -0.2) is 32.7 Å². The van der Waals surface area contributed by atoms with Gasteiger partial charge in [-0.05, 0) is 36.7 Å². The Balaban J connectivity index is 0.00000220. The number of carbonyl (C=O) groups excluding carboxylic acids is 1. The summed E-state index contributed by atoms with van der Waals surface area (Å²) in [6, 6.07) is 5.53. The van der Waals surface area contributed by atoms with Crippen LogP contribution in [0.3, 0.4) is 0 Å². The van der Waals surface area contributed by atoms with E-state index in [2.05, 4.69) is 5.32 Å². The summed E-state index contributed by atoms with van der Waals surface area (Å²) in [5.41, 5.74) is 6.99. The molecule has 1 aliphatic rings. The molecule has 6 heteroatoms. The Morgan fingerprint density at radius 2 is 2.29 bits per heavy atom. The maximum atomic E-state index is 12.1. The summed E-state index contributed by atoms with van der Waals surface area (Å²) in [6.45, 7) is 3.39. The maximum absolute atomic E-state index is 12.1. The number of rotatable bonds is 5. The number of hydrogen-bond acceptors (Lipinski definition) is 4. The van der Waals surface area contributed by atoms with Gasteiger partial charge in [0.05, 0.1) is 12.7 Å². The van der Waals surface area contributed by atoms with Crippen LogP contribution in [0.5, 0.6) is 11.5 Å². The highest BCUT2D eigenvalue weighted by Crippen LogP contribution is 2.29. The first-order chi connectivity index (χ1) is 9.63. The molecule has 1 amide bonds. The lowest BCUT2D eigenvalue weighted by Crippen LogP contribution is -2.34. The quantitative estimate of drug-likeness (QED) is 0.866. The molecule has 0 spiro atoms. The second kappa shape index (κ2) is 7.90. The van der Waals surface area contributed by atoms with Crippen molar-refractivity contribution in [3.8, 4) is 11.5 Å². The Hall–Kier alpha value is -1.72. The third kappa shape index (κ3) is 4.37. The van der Waals surface area contributed by atoms with Crippen molar-refractivity contribution in [2.45, 2.75) is 6.92 Å². The minimum absolute atomic E-state index is 0. The number of methoxy groups -OCH3 is 1. The Kier molecular flexibility index (Phi) is 6.52. The van der Waals surface area contributed by atoms with Crippen LogP contribution in [0.15, 0.2) is 23.8 Å². The van der Waals surface area contributed by atoms with Gasteiger partial charge in [-0.3, -0.25) is 4.79 Å². The van der Waals surface area contributed by atoms with Gasteiger partial charge in [-0.1, -0.05) is 6.92 Å². The highest BCUT2D eigenvalue weighted by Gasteiger charge is 2.17. The molecule has 0 aliphatic carbocycles. The number of amides is 1. The fourth-order valence-electron chi connectivity index (χ4n) is 1.88. The van der Waals surface area contributed by atoms with Crippen LogP contribution < -0.4 is 20.5 Å². The number of hydrogen-bond donors (Lipinski definition) is 2. The molecule has 1 aromatic rings. The summed E-state index contributed by atoms with van der Waals surface area (Å²) in [7, 11) is 1.61.